The standard InChI is InChI=1S/C11H9IN2O3/c12-7-1-2-9-8(5-7)11(17)14(6-13-9)4-3-10(15)16/h1-2,5-6H,3-4H2,(H,15,16). The van der Waals surface area contributed by atoms with Crippen LogP contribution in [0.2, 0.25) is 0 Å². The van der Waals surface area contributed by atoms with Crippen LogP contribution in [0.25, 0.3) is 10.9 Å². The van der Waals surface area contributed by atoms with Gasteiger partial charge >= 0.3 is 5.97 Å². The van der Waals surface area contributed by atoms with Crippen molar-refractivity contribution in [2.75, 3.05) is 0 Å². The molecule has 1 N–H and O–H groups in total. The minimum absolute atomic E-state index is 0.0863. The Labute approximate surface area is 110 Å². The van der Waals surface area contributed by atoms with Crippen LogP contribution in [0.5, 0.6) is 0 Å². The third-order valence-corrected chi connectivity index (χ3v) is 3.02. The molecular formula is C11H9IN2O3. The maximum absolute atomic E-state index is 12.0. The van der Waals surface area contributed by atoms with Crippen LogP contribution >= 0.6 is 22.6 Å². The van der Waals surface area contributed by atoms with E-state index in [4.69, 9.17) is 5.11 Å². The third-order valence-electron chi connectivity index (χ3n) is 2.35. The predicted octanol–water partition coefficient (Wildman–Crippen LogP) is 1.48. The molecule has 0 amide bonds. The van der Waals surface area contributed by atoms with Crippen LogP contribution in [0.1, 0.15) is 6.42 Å². The second-order valence-corrected chi connectivity index (χ2v) is 4.79. The van der Waals surface area contributed by atoms with Gasteiger partial charge < -0.3 is 5.11 Å². The highest BCUT2D eigenvalue weighted by atomic mass is 127. The summed E-state index contributed by atoms with van der Waals surface area (Å²) in [6, 6.07) is 5.40. The van der Waals surface area contributed by atoms with E-state index in [1.54, 1.807) is 12.1 Å². The summed E-state index contributed by atoms with van der Waals surface area (Å²) in [5.41, 5.74) is 0.428. The monoisotopic (exact) mass is 344 g/mol. The smallest absolute Gasteiger partial charge is 0.305 e. The van der Waals surface area contributed by atoms with E-state index < -0.39 is 5.97 Å². The molecule has 0 saturated heterocycles. The third kappa shape index (κ3) is 2.63. The molecule has 0 aliphatic carbocycles. The fourth-order valence-electron chi connectivity index (χ4n) is 1.51. The first-order valence-corrected chi connectivity index (χ1v) is 6.02. The van der Waals surface area contributed by atoms with Crippen LogP contribution in [0.15, 0.2) is 29.3 Å². The quantitative estimate of drug-likeness (QED) is 0.856. The SMILES string of the molecule is O=C(O)CCn1cnc2ccc(I)cc2c1=O. The molecule has 0 saturated carbocycles. The lowest BCUT2D eigenvalue weighted by molar-refractivity contribution is -0.137. The van der Waals surface area contributed by atoms with Gasteiger partial charge in [-0.3, -0.25) is 14.2 Å². The number of carboxylic acids is 1. The second-order valence-electron chi connectivity index (χ2n) is 3.55. The molecule has 5 nitrogen and oxygen atoms in total. The van der Waals surface area contributed by atoms with Crippen molar-refractivity contribution in [1.29, 1.82) is 0 Å². The van der Waals surface area contributed by atoms with Gasteiger partial charge in [-0.25, -0.2) is 4.98 Å². The Morgan fingerprint density at radius 1 is 1.47 bits per heavy atom. The largest absolute Gasteiger partial charge is 0.481 e. The first-order chi connectivity index (χ1) is 8.08. The summed E-state index contributed by atoms with van der Waals surface area (Å²) in [6.45, 7) is 0.141. The number of hydrogen-bond acceptors (Lipinski definition) is 3. The molecule has 0 radical (unpaired) electrons. The maximum atomic E-state index is 12.0. The van der Waals surface area contributed by atoms with Crippen molar-refractivity contribution in [2.45, 2.75) is 13.0 Å². The number of nitrogens with zero attached hydrogens (tertiary/aromatic N) is 2. The average Bonchev–Trinajstić information content (AvgIpc) is 2.29. The van der Waals surface area contributed by atoms with Gasteiger partial charge in [-0.15, -0.1) is 0 Å². The lowest BCUT2D eigenvalue weighted by Crippen LogP contribution is -2.22. The number of halogens is 1. The van der Waals surface area contributed by atoms with Crippen LogP contribution < -0.4 is 5.56 Å². The summed E-state index contributed by atoms with van der Waals surface area (Å²) in [5.74, 6) is -0.931. The number of aryl methyl sites for hydroxylation is 1. The van der Waals surface area contributed by atoms with Gasteiger partial charge in [-0.2, -0.15) is 0 Å². The lowest BCUT2D eigenvalue weighted by atomic mass is 10.2. The van der Waals surface area contributed by atoms with Crippen LogP contribution in [-0.2, 0) is 11.3 Å². The fraction of sp³-hybridized carbons (Fsp3) is 0.182. The van der Waals surface area contributed by atoms with Crippen molar-refractivity contribution >= 4 is 39.5 Å². The molecular weight excluding hydrogens is 335 g/mol. The number of hydrogen-bond donors (Lipinski definition) is 1. The molecule has 17 heavy (non-hydrogen) atoms. The Morgan fingerprint density at radius 2 is 2.24 bits per heavy atom. The van der Waals surface area contributed by atoms with Crippen molar-refractivity contribution in [3.05, 3.63) is 38.5 Å². The van der Waals surface area contributed by atoms with Gasteiger partial charge in [0, 0.05) is 10.1 Å². The van der Waals surface area contributed by atoms with Gasteiger partial charge in [0.1, 0.15) is 0 Å². The van der Waals surface area contributed by atoms with Crippen LogP contribution in [0.4, 0.5) is 0 Å². The molecule has 0 aliphatic rings. The molecule has 1 aromatic carbocycles. The normalized spacial score (nSPS) is 10.6. The molecule has 0 spiro atoms. The van der Waals surface area contributed by atoms with E-state index in [-0.39, 0.29) is 18.5 Å². The summed E-state index contributed by atoms with van der Waals surface area (Å²) >= 11 is 2.12. The van der Waals surface area contributed by atoms with E-state index in [2.05, 4.69) is 27.6 Å². The molecule has 0 fully saturated rings. The Balaban J connectivity index is 2.49. The second kappa shape index (κ2) is 4.82. The number of carboxylic acid groups (broad SMARTS) is 1. The molecule has 88 valence electrons. The highest BCUT2D eigenvalue weighted by Crippen LogP contribution is 2.11. The molecule has 1 aromatic heterocycles. The Kier molecular flexibility index (Phi) is 3.41. The van der Waals surface area contributed by atoms with Gasteiger partial charge in [0.05, 0.1) is 23.7 Å². The summed E-state index contributed by atoms with van der Waals surface area (Å²) in [6.07, 6.45) is 1.30. The minimum atomic E-state index is -0.931. The van der Waals surface area contributed by atoms with Gasteiger partial charge in [0.25, 0.3) is 5.56 Å². The van der Waals surface area contributed by atoms with Crippen LogP contribution in [0, 0.1) is 3.57 Å². The summed E-state index contributed by atoms with van der Waals surface area (Å²) < 4.78 is 2.27. The number of benzene rings is 1. The first-order valence-electron chi connectivity index (χ1n) is 4.94. The van der Waals surface area contributed by atoms with Crippen molar-refractivity contribution in [2.24, 2.45) is 0 Å². The minimum Gasteiger partial charge on any atom is -0.481 e. The lowest BCUT2D eigenvalue weighted by Gasteiger charge is -2.04. The van der Waals surface area contributed by atoms with E-state index in [0.717, 1.165) is 3.57 Å². The highest BCUT2D eigenvalue weighted by Gasteiger charge is 2.05. The van der Waals surface area contributed by atoms with E-state index in [9.17, 15) is 9.59 Å². The molecule has 2 rings (SSSR count). The van der Waals surface area contributed by atoms with Gasteiger partial charge in [-0.05, 0) is 40.8 Å². The zero-order chi connectivity index (χ0) is 12.4. The van der Waals surface area contributed by atoms with Crippen LogP contribution in [0.3, 0.4) is 0 Å². The molecule has 2 aromatic rings. The highest BCUT2D eigenvalue weighted by molar-refractivity contribution is 14.1. The van der Waals surface area contributed by atoms with Gasteiger partial charge in [0.15, 0.2) is 0 Å². The van der Waals surface area contributed by atoms with E-state index in [1.165, 1.54) is 10.9 Å². The molecule has 0 unspecified atom stereocenters. The molecule has 0 bridgehead atoms. The molecule has 1 heterocycles. The predicted molar refractivity (Wildman–Crippen MR) is 71.0 cm³/mol. The zero-order valence-electron chi connectivity index (χ0n) is 8.76. The van der Waals surface area contributed by atoms with Crippen LogP contribution in [-0.4, -0.2) is 20.6 Å². The summed E-state index contributed by atoms with van der Waals surface area (Å²) in [4.78, 5) is 26.6. The van der Waals surface area contributed by atoms with E-state index in [0.29, 0.717) is 10.9 Å². The van der Waals surface area contributed by atoms with E-state index >= 15 is 0 Å². The number of rotatable bonds is 3. The van der Waals surface area contributed by atoms with E-state index in [1.807, 2.05) is 6.07 Å². The summed E-state index contributed by atoms with van der Waals surface area (Å²) in [5, 5.41) is 9.10. The molecule has 6 heteroatoms. The van der Waals surface area contributed by atoms with Crippen molar-refractivity contribution in [3.63, 3.8) is 0 Å². The van der Waals surface area contributed by atoms with Gasteiger partial charge in [0.2, 0.25) is 0 Å². The topological polar surface area (TPSA) is 72.2 Å². The van der Waals surface area contributed by atoms with Crippen molar-refractivity contribution in [3.8, 4) is 0 Å². The van der Waals surface area contributed by atoms with Crippen molar-refractivity contribution in [1.82, 2.24) is 9.55 Å². The molecule has 0 atom stereocenters. The van der Waals surface area contributed by atoms with Gasteiger partial charge in [-0.1, -0.05) is 0 Å². The molecule has 0 aliphatic heterocycles. The number of carbonyl (C=O) groups is 1. The summed E-state index contributed by atoms with van der Waals surface area (Å²) in [7, 11) is 0. The Hall–Kier alpha value is -1.44. The maximum Gasteiger partial charge on any atom is 0.305 e. The number of fused-ring (bicyclic) bond motifs is 1. The fourth-order valence-corrected chi connectivity index (χ4v) is 2.00. The first kappa shape index (κ1) is 12.0. The zero-order valence-corrected chi connectivity index (χ0v) is 10.9. The number of aliphatic carboxylic acids is 1. The Bertz CT molecular complexity index is 636. The Morgan fingerprint density at radius 3 is 2.94 bits per heavy atom. The number of aromatic nitrogens is 2. The van der Waals surface area contributed by atoms with Crippen molar-refractivity contribution < 1.29 is 9.90 Å². The average molecular weight is 344 g/mol.